The molecule has 2 aromatic carbocycles. The number of aromatic carboxylic acids is 1. The van der Waals surface area contributed by atoms with E-state index in [9.17, 15) is 9.90 Å². The summed E-state index contributed by atoms with van der Waals surface area (Å²) in [4.78, 5) is 11.2. The molecule has 0 bridgehead atoms. The molecule has 0 unspecified atom stereocenters. The molecule has 3 heteroatoms. The van der Waals surface area contributed by atoms with Crippen LogP contribution < -0.4 is 4.74 Å². The Balaban J connectivity index is 2.40. The van der Waals surface area contributed by atoms with Crippen molar-refractivity contribution >= 4 is 5.97 Å². The highest BCUT2D eigenvalue weighted by Crippen LogP contribution is 2.29. The smallest absolute Gasteiger partial charge is 0.339 e. The summed E-state index contributed by atoms with van der Waals surface area (Å²) in [6.07, 6.45) is 0.913. The highest BCUT2D eigenvalue weighted by molar-refractivity contribution is 5.91. The molecule has 0 aliphatic heterocycles. The fourth-order valence-electron chi connectivity index (χ4n) is 1.90. The summed E-state index contributed by atoms with van der Waals surface area (Å²) in [5, 5.41) is 9.19. The molecular formula is C16H16O3. The zero-order valence-electron chi connectivity index (χ0n) is 11.0. The van der Waals surface area contributed by atoms with Gasteiger partial charge in [-0.05, 0) is 42.7 Å². The first kappa shape index (κ1) is 13.1. The van der Waals surface area contributed by atoms with E-state index in [0.717, 1.165) is 17.5 Å². The van der Waals surface area contributed by atoms with Crippen LogP contribution in [0, 0.1) is 6.92 Å². The number of rotatable bonds is 4. The van der Waals surface area contributed by atoms with Crippen molar-refractivity contribution in [2.24, 2.45) is 0 Å². The normalized spacial score (nSPS) is 10.2. The lowest BCUT2D eigenvalue weighted by Gasteiger charge is -2.12. The molecule has 98 valence electrons. The molecule has 0 atom stereocenters. The number of benzene rings is 2. The number of carboxylic acids is 1. The summed E-state index contributed by atoms with van der Waals surface area (Å²) in [6.45, 7) is 3.90. The lowest BCUT2D eigenvalue weighted by Crippen LogP contribution is -2.01. The van der Waals surface area contributed by atoms with E-state index in [1.807, 2.05) is 37.3 Å². The Labute approximate surface area is 112 Å². The summed E-state index contributed by atoms with van der Waals surface area (Å²) in [5.41, 5.74) is 2.15. The first-order chi connectivity index (χ1) is 9.11. The Kier molecular flexibility index (Phi) is 3.85. The van der Waals surface area contributed by atoms with Crippen LogP contribution in [0.1, 0.15) is 28.4 Å². The molecule has 0 aromatic heterocycles. The number of aryl methyl sites for hydroxylation is 2. The monoisotopic (exact) mass is 256 g/mol. The molecule has 2 aromatic rings. The fraction of sp³-hybridized carbons (Fsp3) is 0.188. The van der Waals surface area contributed by atoms with Crippen LogP contribution in [0.2, 0.25) is 0 Å². The maximum absolute atomic E-state index is 11.2. The van der Waals surface area contributed by atoms with Gasteiger partial charge in [0.05, 0.1) is 0 Å². The second-order valence-electron chi connectivity index (χ2n) is 4.36. The molecule has 0 aliphatic carbocycles. The molecule has 19 heavy (non-hydrogen) atoms. The average Bonchev–Trinajstić information content (AvgIpc) is 2.41. The van der Waals surface area contributed by atoms with E-state index < -0.39 is 5.97 Å². The second-order valence-corrected chi connectivity index (χ2v) is 4.36. The summed E-state index contributed by atoms with van der Waals surface area (Å²) < 4.78 is 5.76. The van der Waals surface area contributed by atoms with Crippen LogP contribution in [-0.2, 0) is 6.42 Å². The molecule has 0 saturated heterocycles. The number of ether oxygens (including phenoxy) is 1. The maximum atomic E-state index is 11.2. The quantitative estimate of drug-likeness (QED) is 0.897. The Morgan fingerprint density at radius 1 is 1.21 bits per heavy atom. The van der Waals surface area contributed by atoms with Crippen LogP contribution in [0.4, 0.5) is 0 Å². The summed E-state index contributed by atoms with van der Waals surface area (Å²) in [6, 6.07) is 12.8. The third kappa shape index (κ3) is 2.94. The third-order valence-electron chi connectivity index (χ3n) is 2.97. The lowest BCUT2D eigenvalue weighted by atomic mass is 10.1. The van der Waals surface area contributed by atoms with Gasteiger partial charge in [0.15, 0.2) is 0 Å². The van der Waals surface area contributed by atoms with Crippen molar-refractivity contribution in [3.63, 3.8) is 0 Å². The molecule has 0 amide bonds. The number of hydrogen-bond donors (Lipinski definition) is 1. The minimum absolute atomic E-state index is 0.182. The van der Waals surface area contributed by atoms with Crippen molar-refractivity contribution in [1.82, 2.24) is 0 Å². The summed E-state index contributed by atoms with van der Waals surface area (Å²) in [5.74, 6) is 0.0877. The van der Waals surface area contributed by atoms with Crippen molar-refractivity contribution in [1.29, 1.82) is 0 Å². The van der Waals surface area contributed by atoms with E-state index in [0.29, 0.717) is 11.5 Å². The van der Waals surface area contributed by atoms with E-state index in [-0.39, 0.29) is 5.56 Å². The Bertz CT molecular complexity index is 603. The van der Waals surface area contributed by atoms with Gasteiger partial charge in [0.25, 0.3) is 0 Å². The minimum Gasteiger partial charge on any atom is -0.478 e. The van der Waals surface area contributed by atoms with Crippen LogP contribution >= 0.6 is 0 Å². The van der Waals surface area contributed by atoms with Crippen LogP contribution in [0.25, 0.3) is 0 Å². The van der Waals surface area contributed by atoms with E-state index in [1.54, 1.807) is 12.1 Å². The zero-order chi connectivity index (χ0) is 13.8. The van der Waals surface area contributed by atoms with Gasteiger partial charge in [0.1, 0.15) is 17.1 Å². The van der Waals surface area contributed by atoms with Gasteiger partial charge < -0.3 is 9.84 Å². The molecule has 0 heterocycles. The standard InChI is InChI=1S/C16H16O3/c1-3-12-7-5-8-13(10-12)19-15-11(2)6-4-9-14(15)16(17)18/h4-10H,3H2,1-2H3,(H,17,18). The Hall–Kier alpha value is -2.29. The van der Waals surface area contributed by atoms with Crippen molar-refractivity contribution in [3.05, 3.63) is 59.2 Å². The molecule has 0 saturated carbocycles. The zero-order valence-corrected chi connectivity index (χ0v) is 11.0. The minimum atomic E-state index is -0.981. The van der Waals surface area contributed by atoms with Gasteiger partial charge in [0.2, 0.25) is 0 Å². The highest BCUT2D eigenvalue weighted by atomic mass is 16.5. The lowest BCUT2D eigenvalue weighted by molar-refractivity contribution is 0.0694. The topological polar surface area (TPSA) is 46.5 Å². The fourth-order valence-corrected chi connectivity index (χ4v) is 1.90. The van der Waals surface area contributed by atoms with Gasteiger partial charge in [-0.3, -0.25) is 0 Å². The molecule has 0 spiro atoms. The third-order valence-corrected chi connectivity index (χ3v) is 2.97. The number of carboxylic acid groups (broad SMARTS) is 1. The summed E-state index contributed by atoms with van der Waals surface area (Å²) >= 11 is 0. The summed E-state index contributed by atoms with van der Waals surface area (Å²) in [7, 11) is 0. The Morgan fingerprint density at radius 2 is 1.95 bits per heavy atom. The van der Waals surface area contributed by atoms with Gasteiger partial charge >= 0.3 is 5.97 Å². The first-order valence-electron chi connectivity index (χ1n) is 6.21. The Morgan fingerprint density at radius 3 is 2.63 bits per heavy atom. The van der Waals surface area contributed by atoms with E-state index in [1.165, 1.54) is 0 Å². The number of para-hydroxylation sites is 1. The van der Waals surface area contributed by atoms with Crippen LogP contribution in [0.5, 0.6) is 11.5 Å². The van der Waals surface area contributed by atoms with E-state index in [2.05, 4.69) is 6.92 Å². The van der Waals surface area contributed by atoms with Crippen molar-refractivity contribution < 1.29 is 14.6 Å². The average molecular weight is 256 g/mol. The molecule has 2 rings (SSSR count). The second kappa shape index (κ2) is 5.57. The van der Waals surface area contributed by atoms with Gasteiger partial charge in [-0.1, -0.05) is 31.2 Å². The maximum Gasteiger partial charge on any atom is 0.339 e. The highest BCUT2D eigenvalue weighted by Gasteiger charge is 2.14. The van der Waals surface area contributed by atoms with Crippen LogP contribution in [-0.4, -0.2) is 11.1 Å². The van der Waals surface area contributed by atoms with Crippen LogP contribution in [0.3, 0.4) is 0 Å². The molecule has 1 N–H and O–H groups in total. The van der Waals surface area contributed by atoms with E-state index in [4.69, 9.17) is 4.74 Å². The molecule has 3 nitrogen and oxygen atoms in total. The van der Waals surface area contributed by atoms with Crippen molar-refractivity contribution in [2.45, 2.75) is 20.3 Å². The largest absolute Gasteiger partial charge is 0.478 e. The molecular weight excluding hydrogens is 240 g/mol. The first-order valence-corrected chi connectivity index (χ1v) is 6.21. The molecule has 0 aliphatic rings. The van der Waals surface area contributed by atoms with Gasteiger partial charge in [-0.15, -0.1) is 0 Å². The molecule has 0 radical (unpaired) electrons. The SMILES string of the molecule is CCc1cccc(Oc2c(C)cccc2C(=O)O)c1. The van der Waals surface area contributed by atoms with Gasteiger partial charge in [-0.2, -0.15) is 0 Å². The number of hydrogen-bond acceptors (Lipinski definition) is 2. The van der Waals surface area contributed by atoms with Crippen LogP contribution in [0.15, 0.2) is 42.5 Å². The molecule has 0 fully saturated rings. The van der Waals surface area contributed by atoms with Crippen molar-refractivity contribution in [2.75, 3.05) is 0 Å². The predicted octanol–water partition coefficient (Wildman–Crippen LogP) is 4.05. The van der Waals surface area contributed by atoms with Crippen molar-refractivity contribution in [3.8, 4) is 11.5 Å². The van der Waals surface area contributed by atoms with Gasteiger partial charge in [0, 0.05) is 0 Å². The van der Waals surface area contributed by atoms with Gasteiger partial charge in [-0.25, -0.2) is 4.79 Å². The van der Waals surface area contributed by atoms with E-state index >= 15 is 0 Å². The predicted molar refractivity (Wildman–Crippen MR) is 74.0 cm³/mol. The number of carbonyl (C=O) groups is 1.